The summed E-state index contributed by atoms with van der Waals surface area (Å²) in [6.07, 6.45) is 14.4. The van der Waals surface area contributed by atoms with Crippen LogP contribution in [-0.4, -0.2) is 33.9 Å². The van der Waals surface area contributed by atoms with Gasteiger partial charge in [-0.25, -0.2) is 4.39 Å². The topological polar surface area (TPSA) is 31.9 Å². The second-order valence-electron chi connectivity index (χ2n) is 8.02. The highest BCUT2D eigenvalue weighted by atomic mass is 35.5. The summed E-state index contributed by atoms with van der Waals surface area (Å²) in [5, 5.41) is 7.51. The molecule has 1 aliphatic heterocycles. The van der Waals surface area contributed by atoms with Crippen molar-refractivity contribution < 1.29 is 4.39 Å². The van der Waals surface area contributed by atoms with E-state index in [0.29, 0.717) is 43.3 Å². The van der Waals surface area contributed by atoms with Gasteiger partial charge < -0.3 is 4.90 Å². The monoisotopic (exact) mass is 415 g/mol. The number of allylic oxidation sites excluding steroid dienone is 7. The van der Waals surface area contributed by atoms with Crippen molar-refractivity contribution in [2.75, 3.05) is 13.1 Å². The predicted molar refractivity (Wildman–Crippen MR) is 120 cm³/mol. The van der Waals surface area contributed by atoms with E-state index in [-0.39, 0.29) is 0 Å². The van der Waals surface area contributed by atoms with Crippen LogP contribution in [0, 0.1) is 5.92 Å². The fourth-order valence-electron chi connectivity index (χ4n) is 4.19. The second-order valence-corrected chi connectivity index (χ2v) is 8.43. The Hall–Kier alpha value is -2.07. The number of nitrogens with one attached hydrogen (secondary N) is 1. The Balaban J connectivity index is 1.71. The van der Waals surface area contributed by atoms with Crippen molar-refractivity contribution in [3.63, 3.8) is 0 Å². The fraction of sp³-hybridized carbons (Fsp3) is 0.458. The molecule has 1 N–H and O–H groups in total. The molecular formula is C24H31ClFN3. The van der Waals surface area contributed by atoms with Gasteiger partial charge in [-0.2, -0.15) is 5.10 Å². The quantitative estimate of drug-likeness (QED) is 0.533. The molecule has 0 spiro atoms. The number of likely N-dealkylation sites (tertiary alicyclic amines) is 1. The molecule has 3 rings (SSSR count). The Morgan fingerprint density at radius 3 is 2.76 bits per heavy atom. The molecule has 0 radical (unpaired) electrons. The number of piperidine rings is 1. The smallest absolute Gasteiger partial charge is 0.137 e. The average molecular weight is 416 g/mol. The molecule has 1 unspecified atom stereocenters. The van der Waals surface area contributed by atoms with Crippen LogP contribution in [-0.2, 0) is 0 Å². The van der Waals surface area contributed by atoms with E-state index in [1.54, 1.807) is 0 Å². The highest BCUT2D eigenvalue weighted by Gasteiger charge is 2.40. The zero-order chi connectivity index (χ0) is 21.0. The maximum atomic E-state index is 15.8. The maximum absolute atomic E-state index is 15.8. The summed E-state index contributed by atoms with van der Waals surface area (Å²) < 4.78 is 15.8. The van der Waals surface area contributed by atoms with Crippen LogP contribution >= 0.6 is 11.6 Å². The number of rotatable bonds is 6. The summed E-state index contributed by atoms with van der Waals surface area (Å²) in [5.41, 5.74) is 3.76. The third kappa shape index (κ3) is 4.75. The van der Waals surface area contributed by atoms with Crippen LogP contribution in [0.4, 0.5) is 4.39 Å². The highest BCUT2D eigenvalue weighted by molar-refractivity contribution is 6.31. The Labute approximate surface area is 178 Å². The van der Waals surface area contributed by atoms with Crippen LogP contribution in [0.3, 0.4) is 0 Å². The molecule has 0 aromatic carbocycles. The van der Waals surface area contributed by atoms with Crippen molar-refractivity contribution in [3.8, 4) is 0 Å². The van der Waals surface area contributed by atoms with Gasteiger partial charge in [0.25, 0.3) is 0 Å². The number of H-pyrrole nitrogens is 1. The lowest BCUT2D eigenvalue weighted by Gasteiger charge is -2.41. The van der Waals surface area contributed by atoms with Crippen molar-refractivity contribution in [2.24, 2.45) is 5.92 Å². The van der Waals surface area contributed by atoms with E-state index in [2.05, 4.69) is 53.8 Å². The third-order valence-electron chi connectivity index (χ3n) is 6.09. The molecule has 3 nitrogen and oxygen atoms in total. The molecule has 1 saturated heterocycles. The van der Waals surface area contributed by atoms with E-state index < -0.39 is 5.67 Å². The third-order valence-corrected chi connectivity index (χ3v) is 6.44. The minimum atomic E-state index is -1.32. The number of aromatic nitrogens is 2. The van der Waals surface area contributed by atoms with Gasteiger partial charge in [0, 0.05) is 48.4 Å². The molecular weight excluding hydrogens is 385 g/mol. The van der Waals surface area contributed by atoms with Crippen LogP contribution in [0.15, 0.2) is 65.2 Å². The lowest BCUT2D eigenvalue weighted by Crippen LogP contribution is -2.43. The zero-order valence-electron chi connectivity index (χ0n) is 17.6. The van der Waals surface area contributed by atoms with Gasteiger partial charge in [-0.1, -0.05) is 44.2 Å². The minimum Gasteiger partial charge on any atom is -0.371 e. The van der Waals surface area contributed by atoms with Crippen LogP contribution in [0.25, 0.3) is 5.57 Å². The molecule has 1 aromatic heterocycles. The highest BCUT2D eigenvalue weighted by Crippen LogP contribution is 2.42. The normalized spacial score (nSPS) is 22.9. The first kappa shape index (κ1) is 21.6. The van der Waals surface area contributed by atoms with Gasteiger partial charge in [0.2, 0.25) is 0 Å². The standard InChI is InChI=1S/C24H31ClFN3/c1-5-19(14-20(6-2)21-15-27-28-16-21)18(4)29-11-9-24(26,10-12-29)22-13-17(3)7-8-23(22)25/h5,7-8,14-17H,4,6,9-13H2,1-3H3,(H,27,28)/b19-5+,20-14+. The Morgan fingerprint density at radius 2 is 2.17 bits per heavy atom. The lowest BCUT2D eigenvalue weighted by atomic mass is 9.79. The van der Waals surface area contributed by atoms with Crippen molar-refractivity contribution >= 4 is 17.2 Å². The van der Waals surface area contributed by atoms with E-state index in [4.69, 9.17) is 11.6 Å². The molecule has 0 amide bonds. The summed E-state index contributed by atoms with van der Waals surface area (Å²) in [5.74, 6) is 0.336. The first-order chi connectivity index (χ1) is 13.9. The van der Waals surface area contributed by atoms with E-state index >= 15 is 4.39 Å². The largest absolute Gasteiger partial charge is 0.371 e. The van der Waals surface area contributed by atoms with Crippen LogP contribution < -0.4 is 0 Å². The molecule has 156 valence electrons. The van der Waals surface area contributed by atoms with Gasteiger partial charge in [-0.15, -0.1) is 0 Å². The molecule has 1 aliphatic carbocycles. The van der Waals surface area contributed by atoms with Gasteiger partial charge in [0.1, 0.15) is 5.67 Å². The number of hydrogen-bond donors (Lipinski definition) is 1. The van der Waals surface area contributed by atoms with E-state index in [0.717, 1.165) is 28.8 Å². The number of hydrogen-bond acceptors (Lipinski definition) is 2. The van der Waals surface area contributed by atoms with Gasteiger partial charge in [0.15, 0.2) is 0 Å². The van der Waals surface area contributed by atoms with Gasteiger partial charge in [0.05, 0.1) is 6.20 Å². The Morgan fingerprint density at radius 1 is 1.45 bits per heavy atom. The number of nitrogens with zero attached hydrogens (tertiary/aromatic N) is 2. The molecule has 29 heavy (non-hydrogen) atoms. The van der Waals surface area contributed by atoms with Crippen LogP contribution in [0.5, 0.6) is 0 Å². The van der Waals surface area contributed by atoms with Crippen molar-refractivity contribution in [2.45, 2.75) is 52.1 Å². The minimum absolute atomic E-state index is 0.336. The molecule has 1 atom stereocenters. The summed E-state index contributed by atoms with van der Waals surface area (Å²) >= 11 is 6.36. The molecule has 0 saturated carbocycles. The van der Waals surface area contributed by atoms with Crippen LogP contribution in [0.1, 0.15) is 52.0 Å². The van der Waals surface area contributed by atoms with Gasteiger partial charge in [-0.3, -0.25) is 5.10 Å². The van der Waals surface area contributed by atoms with Crippen molar-refractivity contribution in [3.05, 3.63) is 70.7 Å². The van der Waals surface area contributed by atoms with E-state index in [1.165, 1.54) is 5.57 Å². The zero-order valence-corrected chi connectivity index (χ0v) is 18.4. The maximum Gasteiger partial charge on any atom is 0.137 e. The number of halogens is 2. The molecule has 0 bridgehead atoms. The Kier molecular flexibility index (Phi) is 6.84. The molecule has 2 aliphatic rings. The number of alkyl halides is 1. The summed E-state index contributed by atoms with van der Waals surface area (Å²) in [6.45, 7) is 11.9. The van der Waals surface area contributed by atoms with Crippen LogP contribution in [0.2, 0.25) is 0 Å². The average Bonchev–Trinajstić information content (AvgIpc) is 3.25. The fourth-order valence-corrected chi connectivity index (χ4v) is 4.51. The molecule has 1 aromatic rings. The van der Waals surface area contributed by atoms with E-state index in [9.17, 15) is 0 Å². The van der Waals surface area contributed by atoms with E-state index in [1.807, 2.05) is 25.4 Å². The van der Waals surface area contributed by atoms with Crippen molar-refractivity contribution in [1.82, 2.24) is 15.1 Å². The first-order valence-corrected chi connectivity index (χ1v) is 10.8. The molecule has 1 fully saturated rings. The summed E-state index contributed by atoms with van der Waals surface area (Å²) in [7, 11) is 0. The first-order valence-electron chi connectivity index (χ1n) is 10.4. The SMILES string of the molecule is C=C(C(=C/C)/C=C(\CC)c1cn[nH]c1)N1CCC(F)(C2=C(Cl)C=CC(C)C2)CC1. The molecule has 2 heterocycles. The summed E-state index contributed by atoms with van der Waals surface area (Å²) in [6, 6.07) is 0. The van der Waals surface area contributed by atoms with Gasteiger partial charge in [-0.05, 0) is 54.6 Å². The second kappa shape index (κ2) is 9.17. The predicted octanol–water partition coefficient (Wildman–Crippen LogP) is 6.56. The Bertz CT molecular complexity index is 853. The summed E-state index contributed by atoms with van der Waals surface area (Å²) in [4.78, 5) is 2.20. The van der Waals surface area contributed by atoms with Crippen molar-refractivity contribution in [1.29, 1.82) is 0 Å². The van der Waals surface area contributed by atoms with Gasteiger partial charge >= 0.3 is 0 Å². The number of aromatic amines is 1. The molecule has 5 heteroatoms. The lowest BCUT2D eigenvalue weighted by molar-refractivity contribution is 0.102.